The molecule has 1 atom stereocenters. The van der Waals surface area contributed by atoms with Gasteiger partial charge in [0.15, 0.2) is 0 Å². The van der Waals surface area contributed by atoms with Crippen LogP contribution in [0.25, 0.3) is 0 Å². The molecule has 3 aromatic rings. The van der Waals surface area contributed by atoms with Gasteiger partial charge in [0.25, 0.3) is 5.91 Å². The summed E-state index contributed by atoms with van der Waals surface area (Å²) in [5.41, 5.74) is 3.60. The number of rotatable bonds is 6. The van der Waals surface area contributed by atoms with Gasteiger partial charge in [-0.2, -0.15) is 0 Å². The number of hydrogen-bond donors (Lipinski definition) is 0. The smallest absolute Gasteiger partial charge is 0.338 e. The van der Waals surface area contributed by atoms with E-state index in [1.165, 1.54) is 12.1 Å². The van der Waals surface area contributed by atoms with Gasteiger partial charge >= 0.3 is 5.97 Å². The van der Waals surface area contributed by atoms with E-state index in [2.05, 4.69) is 9.57 Å². The Kier molecular flexibility index (Phi) is 7.27. The van der Waals surface area contributed by atoms with Gasteiger partial charge < -0.3 is 14.5 Å². The van der Waals surface area contributed by atoms with E-state index in [1.54, 1.807) is 48.0 Å². The maximum atomic E-state index is 14.0. The standard InChI is InChI=1S/C28H30FN4O3PS/c1-4-36-28(35)20-5-9-23(10-6-20)33-27(34)25-19-24(30(2)3)13-14-26(25)37(33,38)32-17-15-31(16-18-32)22-11-7-21(29)8-12-22/h5-14,19H,4,15-18H2,1-3H3/t37-/m0/s1. The van der Waals surface area contributed by atoms with Gasteiger partial charge in [-0.05, 0) is 73.7 Å². The van der Waals surface area contributed by atoms with Crippen molar-refractivity contribution in [2.24, 2.45) is 0 Å². The molecule has 10 heteroatoms. The van der Waals surface area contributed by atoms with Crippen molar-refractivity contribution in [2.75, 3.05) is 61.4 Å². The average molecular weight is 553 g/mol. The maximum absolute atomic E-state index is 14.0. The van der Waals surface area contributed by atoms with Gasteiger partial charge in [0.1, 0.15) is 12.2 Å². The molecule has 0 spiro atoms. The zero-order valence-electron chi connectivity index (χ0n) is 21.6. The summed E-state index contributed by atoms with van der Waals surface area (Å²) in [6.07, 6.45) is -2.72. The Hall–Kier alpha value is -3.26. The predicted octanol–water partition coefficient (Wildman–Crippen LogP) is 4.49. The summed E-state index contributed by atoms with van der Waals surface area (Å²) in [5, 5.41) is 0.882. The highest BCUT2D eigenvalue weighted by atomic mass is 32.4. The molecule has 0 unspecified atom stereocenters. The van der Waals surface area contributed by atoms with E-state index in [0.29, 0.717) is 49.6 Å². The van der Waals surface area contributed by atoms with Crippen LogP contribution in [0, 0.1) is 5.82 Å². The Labute approximate surface area is 227 Å². The Bertz CT molecular complexity index is 1410. The molecule has 2 heterocycles. The molecule has 2 aliphatic heterocycles. The van der Waals surface area contributed by atoms with Crippen LogP contribution < -0.4 is 19.8 Å². The molecular weight excluding hydrogens is 522 g/mol. The van der Waals surface area contributed by atoms with E-state index in [1.807, 2.05) is 37.2 Å². The van der Waals surface area contributed by atoms with Crippen LogP contribution >= 0.6 is 6.34 Å². The number of fused-ring (bicyclic) bond motifs is 1. The lowest BCUT2D eigenvalue weighted by molar-refractivity contribution is 0.0526. The van der Waals surface area contributed by atoms with Crippen molar-refractivity contribution in [3.05, 3.63) is 83.7 Å². The van der Waals surface area contributed by atoms with Gasteiger partial charge in [-0.25, -0.2) is 9.18 Å². The highest BCUT2D eigenvalue weighted by molar-refractivity contribution is 8.18. The first-order chi connectivity index (χ1) is 18.2. The van der Waals surface area contributed by atoms with E-state index in [-0.39, 0.29) is 11.7 Å². The van der Waals surface area contributed by atoms with Crippen LogP contribution in [0.15, 0.2) is 66.7 Å². The monoisotopic (exact) mass is 552 g/mol. The summed E-state index contributed by atoms with van der Waals surface area (Å²) >= 11 is 6.50. The number of carbonyl (C=O) groups excluding carboxylic acids is 2. The Morgan fingerprint density at radius 3 is 2.21 bits per heavy atom. The summed E-state index contributed by atoms with van der Waals surface area (Å²) in [4.78, 5) is 30.4. The number of piperazine rings is 1. The maximum Gasteiger partial charge on any atom is 0.338 e. The van der Waals surface area contributed by atoms with Crippen LogP contribution in [0.3, 0.4) is 0 Å². The normalized spacial score (nSPS) is 19.4. The molecule has 0 aromatic heterocycles. The topological polar surface area (TPSA) is 56.3 Å². The summed E-state index contributed by atoms with van der Waals surface area (Å²) in [5.74, 6) is -0.787. The van der Waals surface area contributed by atoms with Crippen molar-refractivity contribution >= 4 is 52.4 Å². The lowest BCUT2D eigenvalue weighted by Crippen LogP contribution is -2.47. The van der Waals surface area contributed by atoms with Gasteiger partial charge in [0, 0.05) is 57.0 Å². The van der Waals surface area contributed by atoms with Crippen molar-refractivity contribution in [1.29, 1.82) is 0 Å². The number of esters is 1. The molecule has 0 aliphatic carbocycles. The quantitative estimate of drug-likeness (QED) is 0.330. The molecule has 38 heavy (non-hydrogen) atoms. The van der Waals surface area contributed by atoms with Gasteiger partial charge in [0.2, 0.25) is 0 Å². The summed E-state index contributed by atoms with van der Waals surface area (Å²) in [6.45, 7) is 4.79. The van der Waals surface area contributed by atoms with Crippen LogP contribution in [-0.2, 0) is 16.5 Å². The minimum absolute atomic E-state index is 0.128. The fraction of sp³-hybridized carbons (Fsp3) is 0.286. The molecular formula is C28H30FN4O3PS. The molecule has 7 nitrogen and oxygen atoms in total. The van der Waals surface area contributed by atoms with Crippen molar-refractivity contribution in [2.45, 2.75) is 6.92 Å². The molecule has 5 rings (SSSR count). The highest BCUT2D eigenvalue weighted by Crippen LogP contribution is 2.60. The second-order valence-corrected chi connectivity index (χ2v) is 13.5. The lowest BCUT2D eigenvalue weighted by Gasteiger charge is -2.44. The SMILES string of the molecule is CCOC(=O)c1ccc(N2C(=O)c3cc(N(C)C)ccc3[P@]2(=S)N2CCN(c3ccc(F)cc3)CC2)cc1. The number of benzene rings is 3. The molecule has 0 N–H and O–H groups in total. The highest BCUT2D eigenvalue weighted by Gasteiger charge is 2.48. The van der Waals surface area contributed by atoms with Gasteiger partial charge in [-0.15, -0.1) is 0 Å². The first kappa shape index (κ1) is 26.4. The van der Waals surface area contributed by atoms with E-state index >= 15 is 0 Å². The summed E-state index contributed by atoms with van der Waals surface area (Å²) < 4.78 is 22.6. The van der Waals surface area contributed by atoms with Crippen LogP contribution in [-0.4, -0.2) is 63.4 Å². The van der Waals surface area contributed by atoms with Gasteiger partial charge in [-0.3, -0.25) is 14.1 Å². The molecule has 0 radical (unpaired) electrons. The Morgan fingerprint density at radius 2 is 1.61 bits per heavy atom. The first-order valence-electron chi connectivity index (χ1n) is 12.5. The zero-order valence-corrected chi connectivity index (χ0v) is 23.3. The van der Waals surface area contributed by atoms with Gasteiger partial charge in [0.05, 0.1) is 23.4 Å². The largest absolute Gasteiger partial charge is 0.462 e. The third-order valence-electron chi connectivity index (χ3n) is 6.96. The van der Waals surface area contributed by atoms with Crippen LogP contribution in [0.5, 0.6) is 0 Å². The van der Waals surface area contributed by atoms with Crippen molar-refractivity contribution < 1.29 is 18.7 Å². The molecule has 3 aromatic carbocycles. The molecule has 1 fully saturated rings. The van der Waals surface area contributed by atoms with Crippen LogP contribution in [0.2, 0.25) is 0 Å². The number of anilines is 3. The number of hydrogen-bond acceptors (Lipinski definition) is 6. The Balaban J connectivity index is 1.51. The third-order valence-corrected chi connectivity index (χ3v) is 11.9. The second kappa shape index (κ2) is 10.5. The molecule has 2 aliphatic rings. The fourth-order valence-electron chi connectivity index (χ4n) is 4.96. The molecule has 0 bridgehead atoms. The minimum Gasteiger partial charge on any atom is -0.462 e. The average Bonchev–Trinajstić information content (AvgIpc) is 3.16. The molecule has 1 amide bonds. The summed E-state index contributed by atoms with van der Waals surface area (Å²) in [6, 6.07) is 19.4. The zero-order chi connectivity index (χ0) is 27.0. The number of nitrogens with zero attached hydrogens (tertiary/aromatic N) is 4. The molecule has 198 valence electrons. The second-order valence-electron chi connectivity index (χ2n) is 9.44. The molecule has 1 saturated heterocycles. The number of amides is 1. The lowest BCUT2D eigenvalue weighted by atomic mass is 10.1. The predicted molar refractivity (Wildman–Crippen MR) is 154 cm³/mol. The third kappa shape index (κ3) is 4.59. The van der Waals surface area contributed by atoms with E-state index in [0.717, 1.165) is 16.7 Å². The van der Waals surface area contributed by atoms with Crippen LogP contribution in [0.4, 0.5) is 21.5 Å². The minimum atomic E-state index is -2.72. The van der Waals surface area contributed by atoms with Crippen molar-refractivity contribution in [3.63, 3.8) is 0 Å². The number of ether oxygens (including phenoxy) is 1. The van der Waals surface area contributed by atoms with Crippen molar-refractivity contribution in [1.82, 2.24) is 4.67 Å². The van der Waals surface area contributed by atoms with E-state index in [9.17, 15) is 14.0 Å². The number of halogens is 1. The van der Waals surface area contributed by atoms with E-state index in [4.69, 9.17) is 16.5 Å². The van der Waals surface area contributed by atoms with Crippen LogP contribution in [0.1, 0.15) is 27.6 Å². The molecule has 0 saturated carbocycles. The number of carbonyl (C=O) groups is 2. The van der Waals surface area contributed by atoms with Gasteiger partial charge in [-0.1, -0.05) is 11.8 Å². The first-order valence-corrected chi connectivity index (χ1v) is 15.2. The van der Waals surface area contributed by atoms with E-state index < -0.39 is 12.3 Å². The van der Waals surface area contributed by atoms with Crippen molar-refractivity contribution in [3.8, 4) is 0 Å². The fourth-order valence-corrected chi connectivity index (χ4v) is 9.47. The Morgan fingerprint density at radius 1 is 0.974 bits per heavy atom. The summed E-state index contributed by atoms with van der Waals surface area (Å²) in [7, 11) is 3.88.